The van der Waals surface area contributed by atoms with Gasteiger partial charge in [-0.05, 0) is 38.9 Å². The Kier molecular flexibility index (Phi) is 2.98. The van der Waals surface area contributed by atoms with Crippen molar-refractivity contribution in [3.63, 3.8) is 0 Å². The lowest BCUT2D eigenvalue weighted by molar-refractivity contribution is -0.145. The molecule has 1 atom stereocenters. The minimum absolute atomic E-state index is 0.0381. The molecule has 0 amide bonds. The van der Waals surface area contributed by atoms with Gasteiger partial charge in [0.1, 0.15) is 0 Å². The maximum Gasteiger partial charge on any atom is 0.307 e. The van der Waals surface area contributed by atoms with Crippen molar-refractivity contribution in [2.45, 2.75) is 24.8 Å². The van der Waals surface area contributed by atoms with Crippen molar-refractivity contribution in [1.29, 1.82) is 0 Å². The fourth-order valence-corrected chi connectivity index (χ4v) is 3.07. The van der Waals surface area contributed by atoms with E-state index in [1.54, 1.807) is 0 Å². The number of esters is 1. The molecule has 3 fully saturated rings. The molecular formula is C11H20N2O2. The Labute approximate surface area is 91.0 Å². The molecule has 0 aromatic heterocycles. The number of methoxy groups -OCH3 is 1. The van der Waals surface area contributed by atoms with Gasteiger partial charge >= 0.3 is 5.97 Å². The first-order valence-electron chi connectivity index (χ1n) is 5.68. The molecule has 1 unspecified atom stereocenters. The van der Waals surface area contributed by atoms with E-state index in [0.717, 1.165) is 6.54 Å². The molecule has 3 rings (SSSR count). The highest BCUT2D eigenvalue weighted by Gasteiger charge is 2.46. The molecule has 3 aliphatic rings. The summed E-state index contributed by atoms with van der Waals surface area (Å²) in [6.07, 6.45) is 2.91. The maximum atomic E-state index is 11.4. The van der Waals surface area contributed by atoms with E-state index in [1.807, 2.05) is 7.05 Å². The van der Waals surface area contributed by atoms with Gasteiger partial charge < -0.3 is 15.0 Å². The van der Waals surface area contributed by atoms with Crippen LogP contribution in [0, 0.1) is 5.92 Å². The third-order valence-electron chi connectivity index (χ3n) is 4.06. The van der Waals surface area contributed by atoms with Gasteiger partial charge in [0.15, 0.2) is 0 Å². The molecule has 0 aromatic rings. The lowest BCUT2D eigenvalue weighted by atomic mass is 9.71. The second-order valence-corrected chi connectivity index (χ2v) is 4.71. The molecule has 86 valence electrons. The molecule has 2 bridgehead atoms. The van der Waals surface area contributed by atoms with Gasteiger partial charge in [-0.1, -0.05) is 0 Å². The smallest absolute Gasteiger partial charge is 0.307 e. The third-order valence-corrected chi connectivity index (χ3v) is 4.06. The summed E-state index contributed by atoms with van der Waals surface area (Å²) in [5.41, 5.74) is -0.0381. The van der Waals surface area contributed by atoms with Crippen LogP contribution in [0.5, 0.6) is 0 Å². The van der Waals surface area contributed by atoms with E-state index >= 15 is 0 Å². The van der Waals surface area contributed by atoms with E-state index in [2.05, 4.69) is 10.2 Å². The molecule has 0 saturated carbocycles. The van der Waals surface area contributed by atoms with E-state index in [1.165, 1.54) is 33.0 Å². The first-order valence-corrected chi connectivity index (χ1v) is 5.68. The molecule has 15 heavy (non-hydrogen) atoms. The lowest BCUT2D eigenvalue weighted by Gasteiger charge is -2.53. The van der Waals surface area contributed by atoms with Gasteiger partial charge in [-0.3, -0.25) is 4.79 Å². The first kappa shape index (κ1) is 10.9. The summed E-state index contributed by atoms with van der Waals surface area (Å²) >= 11 is 0. The highest BCUT2D eigenvalue weighted by Crippen LogP contribution is 2.37. The van der Waals surface area contributed by atoms with E-state index in [0.29, 0.717) is 12.3 Å². The van der Waals surface area contributed by atoms with Crippen molar-refractivity contribution in [3.8, 4) is 0 Å². The molecule has 0 radical (unpaired) electrons. The second-order valence-electron chi connectivity index (χ2n) is 4.71. The van der Waals surface area contributed by atoms with Crippen LogP contribution >= 0.6 is 0 Å². The van der Waals surface area contributed by atoms with Crippen LogP contribution in [0.2, 0.25) is 0 Å². The molecule has 1 N–H and O–H groups in total. The number of carbonyl (C=O) groups is 1. The number of nitrogens with zero attached hydrogens (tertiary/aromatic N) is 1. The molecule has 0 spiro atoms. The molecule has 4 nitrogen and oxygen atoms in total. The zero-order valence-electron chi connectivity index (χ0n) is 9.58. The molecule has 3 aliphatic heterocycles. The van der Waals surface area contributed by atoms with E-state index in [9.17, 15) is 4.79 Å². The van der Waals surface area contributed by atoms with Gasteiger partial charge in [-0.15, -0.1) is 0 Å². The Hall–Kier alpha value is -0.610. The van der Waals surface area contributed by atoms with Crippen LogP contribution in [0.3, 0.4) is 0 Å². The van der Waals surface area contributed by atoms with Crippen molar-refractivity contribution >= 4 is 5.97 Å². The predicted molar refractivity (Wildman–Crippen MR) is 57.6 cm³/mol. The van der Waals surface area contributed by atoms with Gasteiger partial charge in [0.2, 0.25) is 0 Å². The fourth-order valence-electron chi connectivity index (χ4n) is 3.07. The van der Waals surface area contributed by atoms with E-state index in [4.69, 9.17) is 4.74 Å². The van der Waals surface area contributed by atoms with Gasteiger partial charge in [-0.2, -0.15) is 0 Å². The van der Waals surface area contributed by atoms with Crippen LogP contribution < -0.4 is 5.32 Å². The normalized spacial score (nSPS) is 39.1. The number of fused-ring (bicyclic) bond motifs is 3. The standard InChI is InChI=1S/C11H20N2O2/c1-12-11(7-10(14)15-2)8-13-5-3-9(11)4-6-13/h9,12H,3-8H2,1-2H3. The van der Waals surface area contributed by atoms with Crippen molar-refractivity contribution in [1.82, 2.24) is 10.2 Å². The molecule has 3 heterocycles. The number of nitrogens with one attached hydrogen (secondary N) is 1. The predicted octanol–water partition coefficient (Wildman–Crippen LogP) is 0.233. The quantitative estimate of drug-likeness (QED) is 0.680. The van der Waals surface area contributed by atoms with Crippen molar-refractivity contribution in [3.05, 3.63) is 0 Å². The number of likely N-dealkylation sites (N-methyl/N-ethyl adjacent to an activating group) is 1. The summed E-state index contributed by atoms with van der Waals surface area (Å²) in [5.74, 6) is 0.532. The summed E-state index contributed by atoms with van der Waals surface area (Å²) in [4.78, 5) is 13.9. The number of carbonyl (C=O) groups excluding carboxylic acids is 1. The molecule has 0 aliphatic carbocycles. The summed E-state index contributed by atoms with van der Waals surface area (Å²) in [7, 11) is 3.43. The van der Waals surface area contributed by atoms with Crippen molar-refractivity contribution in [2.24, 2.45) is 5.92 Å². The number of rotatable bonds is 3. The lowest BCUT2D eigenvalue weighted by Crippen LogP contribution is -2.65. The highest BCUT2D eigenvalue weighted by atomic mass is 16.5. The monoisotopic (exact) mass is 212 g/mol. The van der Waals surface area contributed by atoms with Crippen LogP contribution in [0.4, 0.5) is 0 Å². The van der Waals surface area contributed by atoms with Crippen molar-refractivity contribution in [2.75, 3.05) is 33.8 Å². The Morgan fingerprint density at radius 2 is 2.20 bits per heavy atom. The number of piperidine rings is 3. The SMILES string of the molecule is CNC1(CC(=O)OC)CN2CCC1CC2. The zero-order valence-corrected chi connectivity index (χ0v) is 9.58. The average molecular weight is 212 g/mol. The fraction of sp³-hybridized carbons (Fsp3) is 0.909. The molecule has 3 saturated heterocycles. The molecule has 0 aromatic carbocycles. The van der Waals surface area contributed by atoms with Gasteiger partial charge in [0.05, 0.1) is 13.5 Å². The number of ether oxygens (including phenoxy) is 1. The van der Waals surface area contributed by atoms with Crippen molar-refractivity contribution < 1.29 is 9.53 Å². The van der Waals surface area contributed by atoms with Crippen LogP contribution in [0.25, 0.3) is 0 Å². The van der Waals surface area contributed by atoms with Crippen LogP contribution in [0.1, 0.15) is 19.3 Å². The minimum atomic E-state index is -0.0990. The van der Waals surface area contributed by atoms with Crippen LogP contribution in [-0.2, 0) is 9.53 Å². The van der Waals surface area contributed by atoms with E-state index < -0.39 is 0 Å². The summed E-state index contributed by atoms with van der Waals surface area (Å²) in [6, 6.07) is 0. The highest BCUT2D eigenvalue weighted by molar-refractivity contribution is 5.71. The largest absolute Gasteiger partial charge is 0.469 e. The van der Waals surface area contributed by atoms with Gasteiger partial charge in [-0.25, -0.2) is 0 Å². The number of hydrogen-bond donors (Lipinski definition) is 1. The Balaban J connectivity index is 2.10. The topological polar surface area (TPSA) is 41.6 Å². The Bertz CT molecular complexity index is 249. The van der Waals surface area contributed by atoms with E-state index in [-0.39, 0.29) is 11.5 Å². The summed E-state index contributed by atoms with van der Waals surface area (Å²) in [6.45, 7) is 3.37. The van der Waals surface area contributed by atoms with Crippen LogP contribution in [0.15, 0.2) is 0 Å². The Morgan fingerprint density at radius 3 is 2.60 bits per heavy atom. The number of hydrogen-bond acceptors (Lipinski definition) is 4. The second kappa shape index (κ2) is 4.10. The Morgan fingerprint density at radius 1 is 1.53 bits per heavy atom. The summed E-state index contributed by atoms with van der Waals surface area (Å²) < 4.78 is 4.79. The van der Waals surface area contributed by atoms with Gasteiger partial charge in [0, 0.05) is 12.1 Å². The average Bonchev–Trinajstić information content (AvgIpc) is 2.30. The first-order chi connectivity index (χ1) is 7.20. The molecular weight excluding hydrogens is 192 g/mol. The molecule has 4 heteroatoms. The maximum absolute atomic E-state index is 11.4. The van der Waals surface area contributed by atoms with Crippen LogP contribution in [-0.4, -0.2) is 50.2 Å². The summed E-state index contributed by atoms with van der Waals surface area (Å²) in [5, 5.41) is 3.37. The third kappa shape index (κ3) is 1.88. The van der Waals surface area contributed by atoms with Gasteiger partial charge in [0.25, 0.3) is 0 Å². The zero-order chi connectivity index (χ0) is 10.9. The minimum Gasteiger partial charge on any atom is -0.469 e.